The molecule has 0 heterocycles. The van der Waals surface area contributed by atoms with Crippen molar-refractivity contribution in [2.75, 3.05) is 0 Å². The molecular weight excluding hydrogens is 295 g/mol. The zero-order valence-corrected chi connectivity index (χ0v) is 12.2. The minimum absolute atomic E-state index is 0.139. The van der Waals surface area contributed by atoms with Gasteiger partial charge in [0.15, 0.2) is 11.6 Å². The fourth-order valence-electron chi connectivity index (χ4n) is 5.15. The Hall–Kier alpha value is -0.860. The maximum absolute atomic E-state index is 13.0. The van der Waals surface area contributed by atoms with Gasteiger partial charge in [-0.1, -0.05) is 24.3 Å². The predicted octanol–water partition coefficient (Wildman–Crippen LogP) is 3.59. The molecule has 0 saturated heterocycles. The van der Waals surface area contributed by atoms with Gasteiger partial charge in [-0.15, -0.1) is 23.2 Å². The average Bonchev–Trinajstić information content (AvgIpc) is 3.33. The Morgan fingerprint density at radius 1 is 0.750 bits per heavy atom. The number of rotatable bonds is 0. The van der Waals surface area contributed by atoms with E-state index in [0.29, 0.717) is 11.1 Å². The van der Waals surface area contributed by atoms with Gasteiger partial charge in [-0.25, -0.2) is 0 Å². The van der Waals surface area contributed by atoms with E-state index in [1.54, 1.807) is 24.3 Å². The molecule has 4 aliphatic rings. The Bertz CT molecular complexity index is 656. The van der Waals surface area contributed by atoms with E-state index >= 15 is 0 Å². The van der Waals surface area contributed by atoms with Gasteiger partial charge < -0.3 is 0 Å². The smallest absolute Gasteiger partial charge is 0.187 e. The van der Waals surface area contributed by atoms with Crippen LogP contribution < -0.4 is 0 Å². The molecule has 2 spiro atoms. The second kappa shape index (κ2) is 2.86. The normalized spacial score (nSPS) is 41.1. The molecule has 5 rings (SSSR count). The highest BCUT2D eigenvalue weighted by atomic mass is 35.5. The van der Waals surface area contributed by atoms with Crippen molar-refractivity contribution in [1.82, 2.24) is 0 Å². The standard InChI is InChI=1S/C16H12Cl2O2/c17-15-11(19)9-3-1-2-4-10(9)12(20)16(15,18)14(7-8-14)13(15)5-6-13/h1-4H,5-8H2. The van der Waals surface area contributed by atoms with E-state index in [1.165, 1.54) is 0 Å². The van der Waals surface area contributed by atoms with Crippen LogP contribution in [0.1, 0.15) is 46.4 Å². The molecule has 20 heavy (non-hydrogen) atoms. The molecule has 4 heteroatoms. The van der Waals surface area contributed by atoms with Gasteiger partial charge in [-0.2, -0.15) is 0 Å². The summed E-state index contributed by atoms with van der Waals surface area (Å²) >= 11 is 13.6. The first-order valence-electron chi connectivity index (χ1n) is 7.03. The zero-order valence-electron chi connectivity index (χ0n) is 10.7. The fourth-order valence-corrected chi connectivity index (χ4v) is 6.63. The van der Waals surface area contributed by atoms with Gasteiger partial charge in [-0.05, 0) is 25.7 Å². The molecule has 102 valence electrons. The number of halogens is 2. The second-order valence-corrected chi connectivity index (χ2v) is 7.82. The lowest BCUT2D eigenvalue weighted by atomic mass is 9.44. The zero-order chi connectivity index (χ0) is 14.0. The Morgan fingerprint density at radius 3 is 1.40 bits per heavy atom. The number of ketones is 2. The van der Waals surface area contributed by atoms with Crippen LogP contribution in [0.15, 0.2) is 24.3 Å². The summed E-state index contributed by atoms with van der Waals surface area (Å²) in [6, 6.07) is 6.95. The number of carbonyl (C=O) groups excluding carboxylic acids is 2. The summed E-state index contributed by atoms with van der Waals surface area (Å²) in [6.07, 6.45) is 3.69. The van der Waals surface area contributed by atoms with Crippen molar-refractivity contribution in [2.24, 2.45) is 10.8 Å². The van der Waals surface area contributed by atoms with Gasteiger partial charge in [-0.3, -0.25) is 9.59 Å². The summed E-state index contributed by atoms with van der Waals surface area (Å²) in [6.45, 7) is 0. The number of alkyl halides is 2. The van der Waals surface area contributed by atoms with E-state index in [2.05, 4.69) is 0 Å². The highest BCUT2D eigenvalue weighted by molar-refractivity contribution is 6.57. The summed E-state index contributed by atoms with van der Waals surface area (Å²) in [5.74, 6) is -0.279. The van der Waals surface area contributed by atoms with Crippen LogP contribution in [0.25, 0.3) is 0 Å². The van der Waals surface area contributed by atoms with Crippen LogP contribution >= 0.6 is 23.2 Å². The first-order valence-corrected chi connectivity index (χ1v) is 7.78. The molecule has 0 aliphatic heterocycles. The van der Waals surface area contributed by atoms with Crippen molar-refractivity contribution in [3.8, 4) is 0 Å². The Morgan fingerprint density at radius 2 is 1.10 bits per heavy atom. The van der Waals surface area contributed by atoms with Crippen LogP contribution in [-0.4, -0.2) is 21.3 Å². The summed E-state index contributed by atoms with van der Waals surface area (Å²) in [7, 11) is 0. The maximum atomic E-state index is 13.0. The van der Waals surface area contributed by atoms with E-state index in [0.717, 1.165) is 25.7 Å². The fraction of sp³-hybridized carbons (Fsp3) is 0.500. The van der Waals surface area contributed by atoms with Gasteiger partial charge in [0.05, 0.1) is 0 Å². The summed E-state index contributed by atoms with van der Waals surface area (Å²) < 4.78 is 0. The van der Waals surface area contributed by atoms with Gasteiger partial charge >= 0.3 is 0 Å². The van der Waals surface area contributed by atoms with E-state index in [4.69, 9.17) is 23.2 Å². The molecule has 0 aromatic heterocycles. The lowest BCUT2D eigenvalue weighted by molar-refractivity contribution is -0.00488. The highest BCUT2D eigenvalue weighted by Gasteiger charge is 2.98. The van der Waals surface area contributed by atoms with E-state index in [9.17, 15) is 9.59 Å². The van der Waals surface area contributed by atoms with Crippen molar-refractivity contribution in [1.29, 1.82) is 0 Å². The van der Waals surface area contributed by atoms with Gasteiger partial charge in [0.2, 0.25) is 0 Å². The SMILES string of the molecule is O=C1c2ccccc2C(=O)C2(Cl)C3(CC3)C3(CC3)C12Cl. The van der Waals surface area contributed by atoms with Gasteiger partial charge in [0.25, 0.3) is 0 Å². The second-order valence-electron chi connectivity index (χ2n) is 6.68. The predicted molar refractivity (Wildman–Crippen MR) is 75.6 cm³/mol. The monoisotopic (exact) mass is 306 g/mol. The first-order chi connectivity index (χ1) is 9.46. The Kier molecular flexibility index (Phi) is 1.68. The minimum atomic E-state index is -1.22. The molecule has 4 aliphatic carbocycles. The van der Waals surface area contributed by atoms with Crippen molar-refractivity contribution in [2.45, 2.75) is 35.4 Å². The van der Waals surface area contributed by atoms with Crippen molar-refractivity contribution >= 4 is 34.8 Å². The van der Waals surface area contributed by atoms with Crippen LogP contribution in [0.2, 0.25) is 0 Å². The molecule has 3 saturated carbocycles. The van der Waals surface area contributed by atoms with E-state index < -0.39 is 9.75 Å². The number of fused-ring (bicyclic) bond motifs is 5. The summed E-state index contributed by atoms with van der Waals surface area (Å²) in [4.78, 5) is 23.5. The third-order valence-corrected chi connectivity index (χ3v) is 7.98. The van der Waals surface area contributed by atoms with Crippen LogP contribution in [0.3, 0.4) is 0 Å². The minimum Gasteiger partial charge on any atom is -0.292 e. The summed E-state index contributed by atoms with van der Waals surface area (Å²) in [5.41, 5.74) is 0.462. The molecular formula is C16H12Cl2O2. The van der Waals surface area contributed by atoms with Crippen molar-refractivity contribution in [3.05, 3.63) is 35.4 Å². The highest BCUT2D eigenvalue weighted by Crippen LogP contribution is 2.93. The van der Waals surface area contributed by atoms with Gasteiger partial charge in [0, 0.05) is 22.0 Å². The molecule has 0 N–H and O–H groups in total. The van der Waals surface area contributed by atoms with Crippen LogP contribution in [-0.2, 0) is 0 Å². The van der Waals surface area contributed by atoms with E-state index in [1.807, 2.05) is 0 Å². The van der Waals surface area contributed by atoms with Crippen molar-refractivity contribution < 1.29 is 9.59 Å². The van der Waals surface area contributed by atoms with E-state index in [-0.39, 0.29) is 22.4 Å². The molecule has 1 aromatic carbocycles. The number of hydrogen-bond acceptors (Lipinski definition) is 2. The molecule has 2 atom stereocenters. The molecule has 2 nitrogen and oxygen atoms in total. The van der Waals surface area contributed by atoms with Crippen LogP contribution in [0, 0.1) is 10.8 Å². The van der Waals surface area contributed by atoms with Crippen LogP contribution in [0.4, 0.5) is 0 Å². The number of hydrogen-bond donors (Lipinski definition) is 0. The molecule has 0 bridgehead atoms. The lowest BCUT2D eigenvalue weighted by Gasteiger charge is -2.65. The first kappa shape index (κ1) is 11.8. The molecule has 0 amide bonds. The number of Topliss-reactive ketones (excluding diaryl/α,β-unsaturated/α-hetero) is 2. The molecule has 2 unspecified atom stereocenters. The average molecular weight is 307 g/mol. The maximum Gasteiger partial charge on any atom is 0.187 e. The molecule has 1 aromatic rings. The third kappa shape index (κ3) is 0.770. The quantitative estimate of drug-likeness (QED) is 0.686. The van der Waals surface area contributed by atoms with Crippen molar-refractivity contribution in [3.63, 3.8) is 0 Å². The largest absolute Gasteiger partial charge is 0.292 e. The Balaban J connectivity index is 1.85. The molecule has 3 fully saturated rings. The number of benzene rings is 1. The number of carbonyl (C=O) groups is 2. The lowest BCUT2D eigenvalue weighted by Crippen LogP contribution is -2.81. The molecule has 0 radical (unpaired) electrons. The van der Waals surface area contributed by atoms with Gasteiger partial charge in [0.1, 0.15) is 9.75 Å². The topological polar surface area (TPSA) is 34.1 Å². The van der Waals surface area contributed by atoms with Crippen LogP contribution in [0.5, 0.6) is 0 Å². The Labute approximate surface area is 126 Å². The third-order valence-electron chi connectivity index (χ3n) is 6.25. The summed E-state index contributed by atoms with van der Waals surface area (Å²) in [5, 5.41) is 0.